The molecule has 0 bridgehead atoms. The van der Waals surface area contributed by atoms with Gasteiger partial charge in [-0.25, -0.2) is 12.8 Å². The SMILES string of the molecule is CS(=O)(=O)C1CCC(Oc2cc(CC(=O)N3CC[C@@]4(O)CCCC[C@H]4C3)cc(Oc3ccc(F)cc3)c2)CC1. The Kier molecular flexibility index (Phi) is 8.19. The molecule has 5 rings (SSSR count). The third-order valence-electron chi connectivity index (χ3n) is 8.65. The van der Waals surface area contributed by atoms with Crippen molar-refractivity contribution >= 4 is 15.7 Å². The van der Waals surface area contributed by atoms with Gasteiger partial charge < -0.3 is 19.5 Å². The van der Waals surface area contributed by atoms with Crippen LogP contribution in [0.2, 0.25) is 0 Å². The lowest BCUT2D eigenvalue weighted by Gasteiger charge is -2.47. The Bertz CT molecular complexity index is 1270. The average Bonchev–Trinajstić information content (AvgIpc) is 2.89. The van der Waals surface area contributed by atoms with Gasteiger partial charge in [0.25, 0.3) is 0 Å². The normalized spacial score (nSPS) is 27.5. The van der Waals surface area contributed by atoms with Gasteiger partial charge in [0.1, 0.15) is 32.9 Å². The van der Waals surface area contributed by atoms with E-state index in [2.05, 4.69) is 0 Å². The molecule has 1 amide bonds. The highest BCUT2D eigenvalue weighted by atomic mass is 32.2. The number of hydrogen-bond acceptors (Lipinski definition) is 6. The first-order chi connectivity index (χ1) is 18.6. The van der Waals surface area contributed by atoms with Crippen LogP contribution in [0.15, 0.2) is 42.5 Å². The lowest BCUT2D eigenvalue weighted by molar-refractivity contribution is -0.142. The van der Waals surface area contributed by atoms with Crippen molar-refractivity contribution in [2.45, 2.75) is 81.2 Å². The number of amides is 1. The van der Waals surface area contributed by atoms with Gasteiger partial charge in [0.15, 0.2) is 0 Å². The molecule has 2 saturated carbocycles. The molecule has 1 aliphatic heterocycles. The van der Waals surface area contributed by atoms with Crippen molar-refractivity contribution < 1.29 is 32.2 Å². The maximum atomic E-state index is 13.4. The summed E-state index contributed by atoms with van der Waals surface area (Å²) in [6.45, 7) is 1.12. The Morgan fingerprint density at radius 3 is 2.44 bits per heavy atom. The minimum Gasteiger partial charge on any atom is -0.490 e. The van der Waals surface area contributed by atoms with Crippen LogP contribution in [-0.4, -0.2) is 60.6 Å². The molecule has 212 valence electrons. The lowest BCUT2D eigenvalue weighted by atomic mass is 9.71. The number of ether oxygens (including phenoxy) is 2. The maximum absolute atomic E-state index is 13.4. The van der Waals surface area contributed by atoms with E-state index in [1.807, 2.05) is 11.0 Å². The molecule has 9 heteroatoms. The van der Waals surface area contributed by atoms with Gasteiger partial charge in [-0.15, -0.1) is 0 Å². The first-order valence-electron chi connectivity index (χ1n) is 14.0. The number of hydrogen-bond donors (Lipinski definition) is 1. The number of benzene rings is 2. The Morgan fingerprint density at radius 2 is 1.72 bits per heavy atom. The van der Waals surface area contributed by atoms with Crippen molar-refractivity contribution in [3.63, 3.8) is 0 Å². The Balaban J connectivity index is 1.31. The quantitative estimate of drug-likeness (QED) is 0.511. The molecular formula is C30H38FNO6S. The molecule has 0 aromatic heterocycles. The van der Waals surface area contributed by atoms with Crippen LogP contribution in [0.25, 0.3) is 0 Å². The largest absolute Gasteiger partial charge is 0.490 e. The van der Waals surface area contributed by atoms with Crippen molar-refractivity contribution in [2.75, 3.05) is 19.3 Å². The number of rotatable bonds is 7. The van der Waals surface area contributed by atoms with Crippen LogP contribution in [0, 0.1) is 11.7 Å². The molecule has 3 fully saturated rings. The van der Waals surface area contributed by atoms with E-state index < -0.39 is 15.4 Å². The molecule has 3 aliphatic rings. The number of aliphatic hydroxyl groups is 1. The van der Waals surface area contributed by atoms with Crippen LogP contribution >= 0.6 is 0 Å². The van der Waals surface area contributed by atoms with Crippen LogP contribution in [0.3, 0.4) is 0 Å². The molecule has 1 N–H and O–H groups in total. The zero-order valence-electron chi connectivity index (χ0n) is 22.5. The summed E-state index contributed by atoms with van der Waals surface area (Å²) in [5.74, 6) is 1.26. The summed E-state index contributed by atoms with van der Waals surface area (Å²) < 4.78 is 49.5. The fraction of sp³-hybridized carbons (Fsp3) is 0.567. The van der Waals surface area contributed by atoms with Gasteiger partial charge in [0.05, 0.1) is 23.4 Å². The van der Waals surface area contributed by atoms with Crippen LogP contribution < -0.4 is 9.47 Å². The number of carbonyl (C=O) groups excluding carboxylic acids is 1. The van der Waals surface area contributed by atoms with Crippen molar-refractivity contribution in [3.05, 3.63) is 53.8 Å². The zero-order chi connectivity index (χ0) is 27.6. The summed E-state index contributed by atoms with van der Waals surface area (Å²) in [4.78, 5) is 15.2. The van der Waals surface area contributed by atoms with Crippen molar-refractivity contribution in [2.24, 2.45) is 5.92 Å². The highest BCUT2D eigenvalue weighted by molar-refractivity contribution is 7.91. The zero-order valence-corrected chi connectivity index (χ0v) is 23.3. The molecule has 1 saturated heterocycles. The van der Waals surface area contributed by atoms with Gasteiger partial charge in [-0.2, -0.15) is 0 Å². The van der Waals surface area contributed by atoms with Gasteiger partial charge in [0, 0.05) is 31.3 Å². The second-order valence-electron chi connectivity index (χ2n) is 11.5. The number of nitrogens with zero attached hydrogens (tertiary/aromatic N) is 1. The minimum atomic E-state index is -3.07. The highest BCUT2D eigenvalue weighted by Crippen LogP contribution is 2.40. The first kappa shape index (κ1) is 27.9. The molecule has 39 heavy (non-hydrogen) atoms. The monoisotopic (exact) mass is 559 g/mol. The average molecular weight is 560 g/mol. The second kappa shape index (κ2) is 11.5. The summed E-state index contributed by atoms with van der Waals surface area (Å²) >= 11 is 0. The number of carbonyl (C=O) groups is 1. The molecule has 0 unspecified atom stereocenters. The summed E-state index contributed by atoms with van der Waals surface area (Å²) in [5.41, 5.74) is 0.0960. The molecule has 2 atom stereocenters. The summed E-state index contributed by atoms with van der Waals surface area (Å²) in [5, 5.41) is 10.7. The van der Waals surface area contributed by atoms with Crippen molar-refractivity contribution in [3.8, 4) is 17.2 Å². The van der Waals surface area contributed by atoms with E-state index in [4.69, 9.17) is 9.47 Å². The standard InChI is InChI=1S/C30H38FNO6S/c1-39(35,36)28-11-9-25(10-12-28)38-27-17-21(16-26(19-27)37-24-7-5-23(31)6-8-24)18-29(33)32-15-14-30(34)13-3-2-4-22(30)20-32/h5-8,16-17,19,22,25,28,34H,2-4,9-15,18,20H2,1H3/t22-,25?,28?,30-/m0/s1. The van der Waals surface area contributed by atoms with E-state index in [9.17, 15) is 22.7 Å². The van der Waals surface area contributed by atoms with Crippen molar-refractivity contribution in [1.82, 2.24) is 4.90 Å². The van der Waals surface area contributed by atoms with E-state index in [0.717, 1.165) is 31.2 Å². The maximum Gasteiger partial charge on any atom is 0.227 e. The van der Waals surface area contributed by atoms with E-state index in [-0.39, 0.29) is 35.4 Å². The Labute approximate surface area is 230 Å². The summed E-state index contributed by atoms with van der Waals surface area (Å²) in [6, 6.07) is 11.1. The van der Waals surface area contributed by atoms with E-state index in [0.29, 0.717) is 62.4 Å². The number of halogens is 1. The molecule has 2 aliphatic carbocycles. The Morgan fingerprint density at radius 1 is 1.00 bits per heavy atom. The van der Waals surface area contributed by atoms with Gasteiger partial charge >= 0.3 is 0 Å². The summed E-state index contributed by atoms with van der Waals surface area (Å²) in [7, 11) is -3.07. The van der Waals surface area contributed by atoms with E-state index >= 15 is 0 Å². The predicted octanol–water partition coefficient (Wildman–Crippen LogP) is 5.05. The van der Waals surface area contributed by atoms with Crippen LogP contribution in [0.5, 0.6) is 17.2 Å². The van der Waals surface area contributed by atoms with E-state index in [1.54, 1.807) is 24.3 Å². The molecule has 7 nitrogen and oxygen atoms in total. The smallest absolute Gasteiger partial charge is 0.227 e. The molecule has 2 aromatic rings. The van der Waals surface area contributed by atoms with Gasteiger partial charge in [-0.05, 0) is 86.9 Å². The molecule has 2 aromatic carbocycles. The predicted molar refractivity (Wildman–Crippen MR) is 146 cm³/mol. The second-order valence-corrected chi connectivity index (χ2v) is 13.9. The van der Waals surface area contributed by atoms with Crippen LogP contribution in [0.1, 0.15) is 63.4 Å². The molecule has 0 radical (unpaired) electrons. The first-order valence-corrected chi connectivity index (χ1v) is 16.0. The fourth-order valence-electron chi connectivity index (χ4n) is 6.35. The lowest BCUT2D eigenvalue weighted by Crippen LogP contribution is -2.54. The van der Waals surface area contributed by atoms with Gasteiger partial charge in [0.2, 0.25) is 5.91 Å². The molecule has 0 spiro atoms. The number of piperidine rings is 1. The number of sulfone groups is 1. The fourth-order valence-corrected chi connectivity index (χ4v) is 7.48. The van der Waals surface area contributed by atoms with Crippen molar-refractivity contribution in [1.29, 1.82) is 0 Å². The Hall–Kier alpha value is -2.65. The number of fused-ring (bicyclic) bond motifs is 1. The topological polar surface area (TPSA) is 93.1 Å². The van der Waals surface area contributed by atoms with Crippen LogP contribution in [-0.2, 0) is 21.1 Å². The van der Waals surface area contributed by atoms with E-state index in [1.165, 1.54) is 18.4 Å². The highest BCUT2D eigenvalue weighted by Gasteiger charge is 2.43. The minimum absolute atomic E-state index is 0.00108. The van der Waals surface area contributed by atoms with Gasteiger partial charge in [-0.3, -0.25) is 4.79 Å². The molecular weight excluding hydrogens is 521 g/mol. The third-order valence-corrected chi connectivity index (χ3v) is 10.3. The third kappa shape index (κ3) is 6.92. The van der Waals surface area contributed by atoms with Crippen LogP contribution in [0.4, 0.5) is 4.39 Å². The summed E-state index contributed by atoms with van der Waals surface area (Å²) in [6.07, 6.45) is 8.21. The number of likely N-dealkylation sites (tertiary alicyclic amines) is 1. The molecule has 1 heterocycles. The van der Waals surface area contributed by atoms with Gasteiger partial charge in [-0.1, -0.05) is 12.8 Å².